The van der Waals surface area contributed by atoms with E-state index in [1.165, 1.54) is 4.90 Å². The Kier molecular flexibility index (Phi) is 5.93. The summed E-state index contributed by atoms with van der Waals surface area (Å²) in [4.78, 5) is 40.4. The van der Waals surface area contributed by atoms with Gasteiger partial charge in [0.1, 0.15) is 22.8 Å². The first-order valence-corrected chi connectivity index (χ1v) is 11.7. The number of phenolic OH excluding ortho intramolecular Hbond substituents is 1. The Morgan fingerprint density at radius 2 is 1.89 bits per heavy atom. The molecule has 1 aromatic carbocycles. The number of hydrogen-bond acceptors (Lipinski definition) is 9. The zero-order chi connectivity index (χ0) is 26.0. The van der Waals surface area contributed by atoms with E-state index in [4.69, 9.17) is 5.73 Å². The number of carbonyl (C=O) groups excluding carboxylic acids is 3. The van der Waals surface area contributed by atoms with Gasteiger partial charge in [-0.1, -0.05) is 6.92 Å². The lowest BCUT2D eigenvalue weighted by Crippen LogP contribution is -2.65. The molecule has 1 amide bonds. The van der Waals surface area contributed by atoms with Gasteiger partial charge in [0.2, 0.25) is 5.78 Å². The van der Waals surface area contributed by atoms with Gasteiger partial charge in [-0.15, -0.1) is 0 Å². The van der Waals surface area contributed by atoms with Crippen LogP contribution in [0.1, 0.15) is 37.0 Å². The van der Waals surface area contributed by atoms with Gasteiger partial charge in [-0.3, -0.25) is 19.3 Å². The highest BCUT2D eigenvalue weighted by atomic mass is 16.3. The maximum absolute atomic E-state index is 13.8. The molecule has 35 heavy (non-hydrogen) atoms. The van der Waals surface area contributed by atoms with Crippen molar-refractivity contribution in [2.45, 2.75) is 44.8 Å². The number of nitrogens with zero attached hydrogens (tertiary/aromatic N) is 1. The van der Waals surface area contributed by atoms with E-state index in [9.17, 15) is 34.8 Å². The number of nitrogens with one attached hydrogen (secondary N) is 1. The summed E-state index contributed by atoms with van der Waals surface area (Å²) in [6, 6.07) is 0.722. The molecule has 0 aromatic heterocycles. The Labute approximate surface area is 202 Å². The summed E-state index contributed by atoms with van der Waals surface area (Å²) >= 11 is 0. The minimum absolute atomic E-state index is 0.0740. The fourth-order valence-electron chi connectivity index (χ4n) is 6.03. The zero-order valence-electron chi connectivity index (χ0n) is 20.2. The average Bonchev–Trinajstić information content (AvgIpc) is 2.77. The Bertz CT molecular complexity index is 1220. The Balaban J connectivity index is 1.99. The van der Waals surface area contributed by atoms with Gasteiger partial charge < -0.3 is 31.5 Å². The number of nitrogens with two attached hydrogens (primary N) is 1. The third kappa shape index (κ3) is 3.27. The number of aryl methyl sites for hydroxylation is 1. The van der Waals surface area contributed by atoms with Gasteiger partial charge in [-0.05, 0) is 63.4 Å². The fourth-order valence-corrected chi connectivity index (χ4v) is 6.03. The summed E-state index contributed by atoms with van der Waals surface area (Å²) in [7, 11) is 3.14. The number of benzene rings is 1. The minimum atomic E-state index is -2.63. The molecular formula is C25H31N3O7. The van der Waals surface area contributed by atoms with Crippen LogP contribution in [0.2, 0.25) is 0 Å². The highest BCUT2D eigenvalue weighted by Crippen LogP contribution is 2.53. The second kappa shape index (κ2) is 8.39. The highest BCUT2D eigenvalue weighted by molar-refractivity contribution is 6.24. The predicted octanol–water partition coefficient (Wildman–Crippen LogP) is 0.958. The molecule has 1 saturated carbocycles. The summed E-state index contributed by atoms with van der Waals surface area (Å²) in [5.74, 6) is -6.47. The third-order valence-corrected chi connectivity index (χ3v) is 7.56. The van der Waals surface area contributed by atoms with Crippen LogP contribution in [0.4, 0.5) is 5.69 Å². The summed E-state index contributed by atoms with van der Waals surface area (Å²) in [6.07, 6.45) is 0.976. The lowest BCUT2D eigenvalue weighted by Gasteiger charge is -2.50. The number of likely N-dealkylation sites (N-methyl/N-ethyl adjacent to an activating group) is 1. The van der Waals surface area contributed by atoms with Crippen molar-refractivity contribution in [3.05, 3.63) is 39.7 Å². The number of hydrogen-bond donors (Lipinski definition) is 6. The van der Waals surface area contributed by atoms with E-state index in [1.54, 1.807) is 14.1 Å². The van der Waals surface area contributed by atoms with Crippen LogP contribution < -0.4 is 11.1 Å². The summed E-state index contributed by atoms with van der Waals surface area (Å²) in [5.41, 5.74) is 3.82. The Hall–Kier alpha value is -3.37. The summed E-state index contributed by atoms with van der Waals surface area (Å²) in [6.45, 7) is 4.32. The van der Waals surface area contributed by atoms with E-state index in [1.807, 2.05) is 19.9 Å². The molecule has 10 heteroatoms. The number of primary amides is 1. The number of aliphatic hydroxyl groups is 3. The van der Waals surface area contributed by atoms with E-state index in [2.05, 4.69) is 5.32 Å². The summed E-state index contributed by atoms with van der Waals surface area (Å²) in [5, 5.41) is 47.8. The van der Waals surface area contributed by atoms with E-state index in [0.717, 1.165) is 5.56 Å². The van der Waals surface area contributed by atoms with Crippen LogP contribution in [0, 0.1) is 11.8 Å². The number of anilines is 1. The number of phenols is 1. The van der Waals surface area contributed by atoms with Gasteiger partial charge in [-0.2, -0.15) is 0 Å². The molecule has 1 fully saturated rings. The van der Waals surface area contributed by atoms with Crippen LogP contribution in [0.5, 0.6) is 5.75 Å². The van der Waals surface area contributed by atoms with Crippen molar-refractivity contribution in [3.63, 3.8) is 0 Å². The van der Waals surface area contributed by atoms with E-state index < -0.39 is 58.0 Å². The summed E-state index contributed by atoms with van der Waals surface area (Å²) < 4.78 is 0. The molecule has 0 radical (unpaired) electrons. The van der Waals surface area contributed by atoms with Gasteiger partial charge in [-0.25, -0.2) is 0 Å². The molecule has 3 aliphatic rings. The van der Waals surface area contributed by atoms with E-state index in [0.29, 0.717) is 24.2 Å². The molecule has 0 spiro atoms. The molecule has 1 aromatic rings. The van der Waals surface area contributed by atoms with Crippen LogP contribution in [0.25, 0.3) is 5.76 Å². The molecule has 0 saturated heterocycles. The topological polar surface area (TPSA) is 173 Å². The van der Waals surface area contributed by atoms with Gasteiger partial charge >= 0.3 is 0 Å². The lowest BCUT2D eigenvalue weighted by atomic mass is 9.57. The first-order chi connectivity index (χ1) is 16.4. The molecule has 7 N–H and O–H groups in total. The van der Waals surface area contributed by atoms with Gasteiger partial charge in [0.15, 0.2) is 11.4 Å². The van der Waals surface area contributed by atoms with Crippen LogP contribution in [0.15, 0.2) is 23.0 Å². The molecule has 0 unspecified atom stereocenters. The number of fused-ring (bicyclic) bond motifs is 3. The molecule has 4 atom stereocenters. The second-order valence-electron chi connectivity index (χ2n) is 9.63. The van der Waals surface area contributed by atoms with Crippen LogP contribution in [-0.4, -0.2) is 75.1 Å². The number of aliphatic hydroxyl groups excluding tert-OH is 2. The molecule has 0 aliphatic heterocycles. The first kappa shape index (κ1) is 24.7. The zero-order valence-corrected chi connectivity index (χ0v) is 20.2. The molecule has 4 rings (SSSR count). The normalized spacial score (nSPS) is 28.1. The minimum Gasteiger partial charge on any atom is -0.508 e. The largest absolute Gasteiger partial charge is 0.508 e. The number of Topliss-reactive ketones (excluding diaryl/α,β-unsaturated/α-hetero) is 2. The molecule has 10 nitrogen and oxygen atoms in total. The van der Waals surface area contributed by atoms with Crippen molar-refractivity contribution in [1.82, 2.24) is 4.90 Å². The monoisotopic (exact) mass is 485 g/mol. The highest BCUT2D eigenvalue weighted by Gasteiger charge is 2.64. The Morgan fingerprint density at radius 3 is 2.43 bits per heavy atom. The third-order valence-electron chi connectivity index (χ3n) is 7.56. The number of amides is 1. The quantitative estimate of drug-likeness (QED) is 0.262. The van der Waals surface area contributed by atoms with Crippen LogP contribution in [0.3, 0.4) is 0 Å². The van der Waals surface area contributed by atoms with Crippen molar-refractivity contribution in [3.8, 4) is 5.75 Å². The molecular weight excluding hydrogens is 454 g/mol. The maximum atomic E-state index is 13.8. The standard InChI is InChI=1S/C25H31N3O7/c1-5-10-9-14(27-6-2)19(29)16-12(10)7-11-8-13-18(28(3)4)21(31)17(24(26)34)23(33)25(13,35)22(32)15(11)20(16)30/h9,11,13,18,27,29-30,33,35H,5-8H2,1-4H3,(H2,26,34)/t11-,13-,18-,25-/m0/s1. The fraction of sp³-hybridized carbons (Fsp3) is 0.480. The Morgan fingerprint density at radius 1 is 1.23 bits per heavy atom. The molecule has 3 aliphatic carbocycles. The number of carbonyl (C=O) groups is 3. The lowest BCUT2D eigenvalue weighted by molar-refractivity contribution is -0.153. The number of ketones is 2. The van der Waals surface area contributed by atoms with Crippen molar-refractivity contribution in [1.29, 1.82) is 0 Å². The van der Waals surface area contributed by atoms with Crippen LogP contribution in [-0.2, 0) is 27.2 Å². The van der Waals surface area contributed by atoms with Gasteiger partial charge in [0.25, 0.3) is 5.91 Å². The predicted molar refractivity (Wildman–Crippen MR) is 128 cm³/mol. The average molecular weight is 486 g/mol. The number of rotatable bonds is 5. The molecule has 0 bridgehead atoms. The van der Waals surface area contributed by atoms with Crippen molar-refractivity contribution in [2.24, 2.45) is 17.6 Å². The first-order valence-electron chi connectivity index (χ1n) is 11.7. The SMILES string of the molecule is CCNc1cc(CC)c2c(c1O)C(O)=C1C(=O)[C@]3(O)C(O)=C(C(N)=O)C(=O)[C@@H](N(C)C)[C@@H]3C[C@@H]1C2. The van der Waals surface area contributed by atoms with Gasteiger partial charge in [0, 0.05) is 18.0 Å². The van der Waals surface area contributed by atoms with Crippen molar-refractivity contribution >= 4 is 28.9 Å². The van der Waals surface area contributed by atoms with E-state index >= 15 is 0 Å². The smallest absolute Gasteiger partial charge is 0.255 e. The van der Waals surface area contributed by atoms with Crippen molar-refractivity contribution in [2.75, 3.05) is 26.0 Å². The van der Waals surface area contributed by atoms with Gasteiger partial charge in [0.05, 0.1) is 17.3 Å². The maximum Gasteiger partial charge on any atom is 0.255 e. The van der Waals surface area contributed by atoms with Crippen molar-refractivity contribution < 1.29 is 34.8 Å². The molecule has 0 heterocycles. The molecule has 188 valence electrons. The van der Waals surface area contributed by atoms with Crippen LogP contribution >= 0.6 is 0 Å². The second-order valence-corrected chi connectivity index (χ2v) is 9.63. The number of aromatic hydroxyl groups is 1. The van der Waals surface area contributed by atoms with E-state index in [-0.39, 0.29) is 29.7 Å².